The van der Waals surface area contributed by atoms with Crippen LogP contribution >= 0.6 is 0 Å². The van der Waals surface area contributed by atoms with Crippen molar-refractivity contribution in [1.82, 2.24) is 9.62 Å². The molecular weight excluding hydrogens is 356 g/mol. The zero-order valence-electron chi connectivity index (χ0n) is 15.4. The maximum absolute atomic E-state index is 12.7. The van der Waals surface area contributed by atoms with Gasteiger partial charge in [0.05, 0.1) is 4.90 Å². The Balaban J connectivity index is 1.44. The Kier molecular flexibility index (Phi) is 5.00. The molecule has 1 heterocycles. The van der Waals surface area contributed by atoms with Crippen molar-refractivity contribution in [2.24, 2.45) is 0 Å². The molecule has 0 radical (unpaired) electrons. The average Bonchev–Trinajstić information content (AvgIpc) is 2.71. The normalized spacial score (nSPS) is 16.2. The van der Waals surface area contributed by atoms with Crippen LogP contribution in [0, 0.1) is 0 Å². The van der Waals surface area contributed by atoms with Crippen molar-refractivity contribution >= 4 is 20.8 Å². The van der Waals surface area contributed by atoms with Crippen LogP contribution in [-0.4, -0.2) is 32.4 Å². The van der Waals surface area contributed by atoms with E-state index in [1.807, 2.05) is 30.3 Å². The Hall–Kier alpha value is -2.21. The number of benzene rings is 3. The third-order valence-corrected chi connectivity index (χ3v) is 6.80. The van der Waals surface area contributed by atoms with Gasteiger partial charge < -0.3 is 0 Å². The molecule has 0 fully saturated rings. The van der Waals surface area contributed by atoms with Crippen LogP contribution in [0.5, 0.6) is 0 Å². The van der Waals surface area contributed by atoms with Crippen LogP contribution in [0.2, 0.25) is 0 Å². The van der Waals surface area contributed by atoms with Gasteiger partial charge in [0, 0.05) is 25.7 Å². The summed E-state index contributed by atoms with van der Waals surface area (Å²) in [4.78, 5) is 2.66. The van der Waals surface area contributed by atoms with Crippen LogP contribution in [0.1, 0.15) is 18.1 Å². The van der Waals surface area contributed by atoms with Crippen molar-refractivity contribution in [2.75, 3.05) is 13.1 Å². The zero-order valence-corrected chi connectivity index (χ0v) is 16.2. The topological polar surface area (TPSA) is 49.4 Å². The molecule has 0 amide bonds. The van der Waals surface area contributed by atoms with Crippen LogP contribution in [0.4, 0.5) is 0 Å². The molecule has 0 spiro atoms. The smallest absolute Gasteiger partial charge is 0.240 e. The van der Waals surface area contributed by atoms with Gasteiger partial charge in [0.2, 0.25) is 10.0 Å². The van der Waals surface area contributed by atoms with Crippen molar-refractivity contribution in [3.05, 3.63) is 77.9 Å². The fourth-order valence-corrected chi connectivity index (χ4v) is 4.83. The predicted molar refractivity (Wildman–Crippen MR) is 109 cm³/mol. The van der Waals surface area contributed by atoms with Crippen molar-refractivity contribution in [1.29, 1.82) is 0 Å². The first-order chi connectivity index (χ1) is 13.0. The minimum Gasteiger partial charge on any atom is -0.295 e. The van der Waals surface area contributed by atoms with E-state index in [4.69, 9.17) is 0 Å². The lowest BCUT2D eigenvalue weighted by atomic mass is 9.99. The minimum atomic E-state index is -3.52. The van der Waals surface area contributed by atoms with Gasteiger partial charge in [-0.3, -0.25) is 4.90 Å². The summed E-state index contributed by atoms with van der Waals surface area (Å²) < 4.78 is 28.3. The molecule has 3 aromatic rings. The van der Waals surface area contributed by atoms with Crippen molar-refractivity contribution in [3.63, 3.8) is 0 Å². The van der Waals surface area contributed by atoms with E-state index in [0.29, 0.717) is 11.4 Å². The lowest BCUT2D eigenvalue weighted by molar-refractivity contribution is 0.192. The molecule has 4 nitrogen and oxygen atoms in total. The van der Waals surface area contributed by atoms with Crippen molar-refractivity contribution < 1.29 is 8.42 Å². The van der Waals surface area contributed by atoms with Crippen LogP contribution in [0.15, 0.2) is 71.6 Å². The summed E-state index contributed by atoms with van der Waals surface area (Å²) in [5, 5.41) is 1.97. The molecule has 27 heavy (non-hydrogen) atoms. The number of hydrogen-bond donors (Lipinski definition) is 1. The molecule has 1 atom stereocenters. The molecular formula is C22H24N2O2S. The monoisotopic (exact) mass is 380 g/mol. The Bertz CT molecular complexity index is 1060. The molecule has 0 unspecified atom stereocenters. The van der Waals surface area contributed by atoms with Gasteiger partial charge in [0.15, 0.2) is 0 Å². The number of rotatable bonds is 5. The molecule has 5 heteroatoms. The minimum absolute atomic E-state index is 0.133. The summed E-state index contributed by atoms with van der Waals surface area (Å²) >= 11 is 0. The lowest BCUT2D eigenvalue weighted by Crippen LogP contribution is -2.44. The number of nitrogens with zero attached hydrogens (tertiary/aromatic N) is 1. The summed E-state index contributed by atoms with van der Waals surface area (Å²) in [6.07, 6.45) is 1.01. The van der Waals surface area contributed by atoms with Crippen LogP contribution in [0.3, 0.4) is 0 Å². The summed E-state index contributed by atoms with van der Waals surface area (Å²) in [6, 6.07) is 21.7. The van der Waals surface area contributed by atoms with Crippen molar-refractivity contribution in [2.45, 2.75) is 30.8 Å². The Morgan fingerprint density at radius 3 is 2.48 bits per heavy atom. The fraction of sp³-hybridized carbons (Fsp3) is 0.273. The highest BCUT2D eigenvalue weighted by atomic mass is 32.2. The molecule has 0 saturated heterocycles. The summed E-state index contributed by atoms with van der Waals surface area (Å²) in [7, 11) is -3.52. The van der Waals surface area contributed by atoms with Crippen LogP contribution < -0.4 is 4.72 Å². The highest BCUT2D eigenvalue weighted by Crippen LogP contribution is 2.21. The van der Waals surface area contributed by atoms with E-state index in [1.165, 1.54) is 11.1 Å². The second-order valence-electron chi connectivity index (χ2n) is 7.20. The number of fused-ring (bicyclic) bond motifs is 2. The summed E-state index contributed by atoms with van der Waals surface area (Å²) in [5.41, 5.74) is 2.74. The second kappa shape index (κ2) is 7.43. The van der Waals surface area contributed by atoms with Gasteiger partial charge in [0.1, 0.15) is 0 Å². The Morgan fingerprint density at radius 2 is 1.67 bits per heavy atom. The van der Waals surface area contributed by atoms with Gasteiger partial charge in [-0.25, -0.2) is 13.1 Å². The molecule has 0 aliphatic carbocycles. The second-order valence-corrected chi connectivity index (χ2v) is 8.97. The predicted octanol–water partition coefficient (Wildman–Crippen LogP) is 3.56. The fourth-order valence-electron chi connectivity index (χ4n) is 3.67. The van der Waals surface area contributed by atoms with Gasteiger partial charge in [-0.15, -0.1) is 0 Å². The highest BCUT2D eigenvalue weighted by molar-refractivity contribution is 7.89. The van der Waals surface area contributed by atoms with Gasteiger partial charge in [-0.05, 0) is 47.4 Å². The van der Waals surface area contributed by atoms with E-state index in [9.17, 15) is 8.42 Å². The number of hydrogen-bond acceptors (Lipinski definition) is 3. The molecule has 1 aliphatic heterocycles. The Labute approximate surface area is 160 Å². The largest absolute Gasteiger partial charge is 0.295 e. The van der Waals surface area contributed by atoms with Gasteiger partial charge in [0.25, 0.3) is 0 Å². The molecule has 0 bridgehead atoms. The third kappa shape index (κ3) is 3.90. The lowest BCUT2D eigenvalue weighted by Gasteiger charge is -2.33. The average molecular weight is 381 g/mol. The van der Waals surface area contributed by atoms with Gasteiger partial charge in [-0.2, -0.15) is 0 Å². The van der Waals surface area contributed by atoms with Crippen molar-refractivity contribution in [3.8, 4) is 0 Å². The molecule has 1 N–H and O–H groups in total. The van der Waals surface area contributed by atoms with Gasteiger partial charge in [-0.1, -0.05) is 54.6 Å². The number of nitrogens with one attached hydrogen (secondary N) is 1. The van der Waals surface area contributed by atoms with E-state index in [-0.39, 0.29) is 6.04 Å². The molecule has 4 rings (SSSR count). The summed E-state index contributed by atoms with van der Waals surface area (Å²) in [5.74, 6) is 0. The molecule has 3 aromatic carbocycles. The van der Waals surface area contributed by atoms with E-state index in [0.717, 1.165) is 30.3 Å². The molecule has 0 saturated carbocycles. The highest BCUT2D eigenvalue weighted by Gasteiger charge is 2.22. The van der Waals surface area contributed by atoms with E-state index in [1.54, 1.807) is 12.1 Å². The summed E-state index contributed by atoms with van der Waals surface area (Å²) in [6.45, 7) is 4.30. The SMILES string of the molecule is C[C@@H](CNS(=O)(=O)c1ccc2ccccc2c1)N1CCc2ccccc2C1. The first-order valence-corrected chi connectivity index (χ1v) is 10.8. The van der Waals surface area contributed by atoms with Gasteiger partial charge >= 0.3 is 0 Å². The Morgan fingerprint density at radius 1 is 0.963 bits per heavy atom. The van der Waals surface area contributed by atoms with E-state index in [2.05, 4.69) is 40.8 Å². The molecule has 140 valence electrons. The van der Waals surface area contributed by atoms with E-state index >= 15 is 0 Å². The molecule has 1 aliphatic rings. The third-order valence-electron chi connectivity index (χ3n) is 5.38. The maximum Gasteiger partial charge on any atom is 0.240 e. The number of sulfonamides is 1. The zero-order chi connectivity index (χ0) is 18.9. The first kappa shape index (κ1) is 18.2. The quantitative estimate of drug-likeness (QED) is 0.736. The van der Waals surface area contributed by atoms with Crippen LogP contribution in [-0.2, 0) is 23.0 Å². The standard InChI is InChI=1S/C22H24N2O2S/c1-17(24-13-12-19-7-3-5-9-21(19)16-24)15-23-27(25,26)22-11-10-18-6-2-4-8-20(18)14-22/h2-11,14,17,23H,12-13,15-16H2,1H3/t17-/m0/s1. The maximum atomic E-state index is 12.7. The van der Waals surface area contributed by atoms with E-state index < -0.39 is 10.0 Å². The van der Waals surface area contributed by atoms with Crippen LogP contribution in [0.25, 0.3) is 10.8 Å². The molecule has 0 aromatic heterocycles. The first-order valence-electron chi connectivity index (χ1n) is 9.32.